The maximum Gasteiger partial charge on any atom is 0.283 e. The maximum atomic E-state index is 13.0. The Labute approximate surface area is 206 Å². The van der Waals surface area contributed by atoms with Crippen LogP contribution in [0.5, 0.6) is 0 Å². The number of hydrazone groups is 1. The molecule has 0 radical (unpaired) electrons. The van der Waals surface area contributed by atoms with Gasteiger partial charge in [-0.2, -0.15) is 15.1 Å². The van der Waals surface area contributed by atoms with Crippen LogP contribution >= 0.6 is 11.8 Å². The van der Waals surface area contributed by atoms with Crippen molar-refractivity contribution in [3.05, 3.63) is 113 Å². The summed E-state index contributed by atoms with van der Waals surface area (Å²) in [6, 6.07) is 26.4. The van der Waals surface area contributed by atoms with E-state index >= 15 is 0 Å². The van der Waals surface area contributed by atoms with Crippen LogP contribution in [0.25, 0.3) is 17.0 Å². The molecule has 0 fully saturated rings. The predicted octanol–water partition coefficient (Wildman–Crippen LogP) is 5.67. The zero-order valence-electron chi connectivity index (χ0n) is 19.0. The van der Waals surface area contributed by atoms with Crippen LogP contribution in [-0.2, 0) is 11.3 Å². The number of nitrogens with one attached hydrogen (secondary N) is 1. The van der Waals surface area contributed by atoms with Gasteiger partial charge in [-0.15, -0.1) is 0 Å². The fourth-order valence-electron chi connectivity index (χ4n) is 4.34. The van der Waals surface area contributed by atoms with E-state index in [2.05, 4.69) is 32.9 Å². The predicted molar refractivity (Wildman–Crippen MR) is 143 cm³/mol. The van der Waals surface area contributed by atoms with Crippen LogP contribution in [0.3, 0.4) is 0 Å². The molecule has 2 aliphatic rings. The number of carbonyl (C=O) groups is 1. The van der Waals surface area contributed by atoms with E-state index in [0.29, 0.717) is 11.7 Å². The first-order valence-corrected chi connectivity index (χ1v) is 12.1. The molecule has 1 N–H and O–H groups in total. The summed E-state index contributed by atoms with van der Waals surface area (Å²) in [5.74, 6) is -0.385. The minimum Gasteiger partial charge on any atom is -0.342 e. The summed E-state index contributed by atoms with van der Waals surface area (Å²) in [6.45, 7) is 2.74. The van der Waals surface area contributed by atoms with Gasteiger partial charge < -0.3 is 4.57 Å². The van der Waals surface area contributed by atoms with E-state index in [1.165, 1.54) is 22.3 Å². The largest absolute Gasteiger partial charge is 0.342 e. The lowest BCUT2D eigenvalue weighted by Crippen LogP contribution is -2.35. The van der Waals surface area contributed by atoms with Gasteiger partial charge in [0.15, 0.2) is 5.84 Å². The molecule has 7 heteroatoms. The fraction of sp³-hybridized carbons (Fsp3) is 0.0714. The summed E-state index contributed by atoms with van der Waals surface area (Å²) in [7, 11) is 0. The SMILES string of the molecule is Cc1cccc(C2=NN3C(=N)/C(=C\c4cn(Cc5ccccc5)c5ccccc45)C(=O)N=C3S2)c1. The van der Waals surface area contributed by atoms with Gasteiger partial charge in [-0.3, -0.25) is 10.2 Å². The Kier molecular flexibility index (Phi) is 5.19. The lowest BCUT2D eigenvalue weighted by atomic mass is 10.1. The van der Waals surface area contributed by atoms with E-state index in [0.717, 1.165) is 32.6 Å². The molecule has 2 aliphatic heterocycles. The number of para-hydroxylation sites is 1. The Balaban J connectivity index is 1.38. The summed E-state index contributed by atoms with van der Waals surface area (Å²) in [4.78, 5) is 17.2. The first kappa shape index (κ1) is 21.3. The van der Waals surface area contributed by atoms with E-state index in [4.69, 9.17) is 5.41 Å². The number of aryl methyl sites for hydroxylation is 1. The molecule has 0 saturated heterocycles. The van der Waals surface area contributed by atoms with Crippen molar-refractivity contribution < 1.29 is 4.79 Å². The molecule has 0 atom stereocenters. The maximum absolute atomic E-state index is 13.0. The number of benzene rings is 3. The highest BCUT2D eigenvalue weighted by atomic mass is 32.2. The van der Waals surface area contributed by atoms with Gasteiger partial charge >= 0.3 is 0 Å². The number of thioether (sulfide) groups is 1. The third-order valence-electron chi connectivity index (χ3n) is 6.03. The van der Waals surface area contributed by atoms with Crippen LogP contribution < -0.4 is 0 Å². The molecule has 170 valence electrons. The molecular formula is C28H21N5OS. The molecule has 0 bridgehead atoms. The van der Waals surface area contributed by atoms with Crippen LogP contribution in [0.4, 0.5) is 0 Å². The molecule has 3 aromatic carbocycles. The highest BCUT2D eigenvalue weighted by molar-refractivity contribution is 8.27. The molecule has 35 heavy (non-hydrogen) atoms. The van der Waals surface area contributed by atoms with Crippen LogP contribution in [0.1, 0.15) is 22.3 Å². The Morgan fingerprint density at radius 1 is 1.00 bits per heavy atom. The van der Waals surface area contributed by atoms with Crippen molar-refractivity contribution in [1.29, 1.82) is 5.41 Å². The number of aliphatic imine (C=N–C) groups is 1. The van der Waals surface area contributed by atoms with Crippen molar-refractivity contribution in [2.24, 2.45) is 10.1 Å². The standard InChI is InChI=1S/C28H21N5OS/c1-18-8-7-11-20(14-18)27-31-33-25(29)23(26(34)30-28(33)35-27)15-21-17-32(16-19-9-3-2-4-10-19)24-13-6-5-12-22(21)24/h2-15,17,29H,16H2,1H3/b23-15+,29-25?. The molecule has 0 spiro atoms. The number of rotatable bonds is 4. The first-order valence-electron chi connectivity index (χ1n) is 11.3. The van der Waals surface area contributed by atoms with E-state index in [9.17, 15) is 4.79 Å². The molecule has 3 heterocycles. The Bertz CT molecular complexity index is 1600. The second kappa shape index (κ2) is 8.52. The molecule has 0 unspecified atom stereocenters. The van der Waals surface area contributed by atoms with Crippen molar-refractivity contribution in [1.82, 2.24) is 9.58 Å². The van der Waals surface area contributed by atoms with Crippen LogP contribution in [0, 0.1) is 12.3 Å². The number of amides is 1. The third kappa shape index (κ3) is 3.90. The van der Waals surface area contributed by atoms with Crippen molar-refractivity contribution in [3.63, 3.8) is 0 Å². The summed E-state index contributed by atoms with van der Waals surface area (Å²) < 4.78 is 2.17. The zero-order chi connectivity index (χ0) is 23.9. The Hall–Kier alpha value is -4.23. The van der Waals surface area contributed by atoms with Gasteiger partial charge in [0.2, 0.25) is 5.17 Å². The quantitative estimate of drug-likeness (QED) is 0.387. The van der Waals surface area contributed by atoms with Crippen molar-refractivity contribution in [2.75, 3.05) is 0 Å². The summed E-state index contributed by atoms with van der Waals surface area (Å²) in [6.07, 6.45) is 3.80. The average molecular weight is 476 g/mol. The fourth-order valence-corrected chi connectivity index (χ4v) is 5.23. The molecule has 4 aromatic rings. The van der Waals surface area contributed by atoms with Gasteiger partial charge in [-0.1, -0.05) is 72.3 Å². The average Bonchev–Trinajstić information content (AvgIpc) is 3.44. The first-order chi connectivity index (χ1) is 17.1. The molecule has 1 amide bonds. The molecule has 0 saturated carbocycles. The number of carbonyl (C=O) groups excluding carboxylic acids is 1. The minimum absolute atomic E-state index is 0.0371. The van der Waals surface area contributed by atoms with Gasteiger partial charge in [-0.25, -0.2) is 0 Å². The van der Waals surface area contributed by atoms with Gasteiger partial charge in [0.25, 0.3) is 5.91 Å². The van der Waals surface area contributed by atoms with E-state index in [1.807, 2.05) is 73.8 Å². The monoisotopic (exact) mass is 475 g/mol. The highest BCUT2D eigenvalue weighted by Crippen LogP contribution is 2.32. The van der Waals surface area contributed by atoms with Gasteiger partial charge in [0, 0.05) is 34.8 Å². The number of hydrogen-bond donors (Lipinski definition) is 1. The van der Waals surface area contributed by atoms with E-state index < -0.39 is 5.91 Å². The van der Waals surface area contributed by atoms with Crippen molar-refractivity contribution in [2.45, 2.75) is 13.5 Å². The number of amidine groups is 2. The number of nitrogens with zero attached hydrogens (tertiary/aromatic N) is 4. The lowest BCUT2D eigenvalue weighted by molar-refractivity contribution is -0.114. The second-order valence-corrected chi connectivity index (χ2v) is 9.47. The Morgan fingerprint density at radius 2 is 1.80 bits per heavy atom. The molecule has 6 nitrogen and oxygen atoms in total. The van der Waals surface area contributed by atoms with Gasteiger partial charge in [-0.05, 0) is 42.5 Å². The minimum atomic E-state index is -0.422. The molecular weight excluding hydrogens is 454 g/mol. The van der Waals surface area contributed by atoms with Crippen molar-refractivity contribution in [3.8, 4) is 0 Å². The van der Waals surface area contributed by atoms with Gasteiger partial charge in [0.1, 0.15) is 5.04 Å². The summed E-state index contributed by atoms with van der Waals surface area (Å²) in [5.41, 5.74) is 5.43. The van der Waals surface area contributed by atoms with Crippen LogP contribution in [0.15, 0.2) is 101 Å². The zero-order valence-corrected chi connectivity index (χ0v) is 19.8. The highest BCUT2D eigenvalue weighted by Gasteiger charge is 2.36. The topological polar surface area (TPSA) is 73.8 Å². The molecule has 6 rings (SSSR count). The normalized spacial score (nSPS) is 16.6. The summed E-state index contributed by atoms with van der Waals surface area (Å²) in [5, 5.41) is 17.0. The number of fused-ring (bicyclic) bond motifs is 2. The van der Waals surface area contributed by atoms with E-state index in [1.54, 1.807) is 6.08 Å². The van der Waals surface area contributed by atoms with Crippen molar-refractivity contribution >= 4 is 50.7 Å². The molecule has 1 aromatic heterocycles. The smallest absolute Gasteiger partial charge is 0.283 e. The summed E-state index contributed by atoms with van der Waals surface area (Å²) >= 11 is 1.31. The third-order valence-corrected chi connectivity index (χ3v) is 6.99. The second-order valence-electron chi connectivity index (χ2n) is 8.51. The molecule has 0 aliphatic carbocycles. The number of hydrogen-bond acceptors (Lipinski definition) is 4. The van der Waals surface area contributed by atoms with E-state index in [-0.39, 0.29) is 11.4 Å². The van der Waals surface area contributed by atoms with Crippen LogP contribution in [0.2, 0.25) is 0 Å². The lowest BCUT2D eigenvalue weighted by Gasteiger charge is -2.20. The number of aromatic nitrogens is 1. The van der Waals surface area contributed by atoms with Crippen LogP contribution in [-0.4, -0.2) is 31.5 Å². The van der Waals surface area contributed by atoms with Gasteiger partial charge in [0.05, 0.1) is 5.57 Å². The Morgan fingerprint density at radius 3 is 2.63 bits per heavy atom.